The van der Waals surface area contributed by atoms with Gasteiger partial charge in [-0.3, -0.25) is 4.79 Å². The van der Waals surface area contributed by atoms with E-state index in [1.165, 1.54) is 0 Å². The van der Waals surface area contributed by atoms with Crippen LogP contribution in [0.25, 0.3) is 0 Å². The first-order chi connectivity index (χ1) is 8.08. The highest BCUT2D eigenvalue weighted by molar-refractivity contribution is 6.33. The Morgan fingerprint density at radius 1 is 1.00 bits per heavy atom. The molecule has 4 heteroatoms. The van der Waals surface area contributed by atoms with Crippen LogP contribution in [0.2, 0.25) is 10.0 Å². The monoisotopic (exact) mass is 265 g/mol. The second-order valence-corrected chi connectivity index (χ2v) is 4.42. The molecule has 0 spiro atoms. The van der Waals surface area contributed by atoms with Crippen LogP contribution in [-0.4, -0.2) is 5.78 Å². The molecule has 0 radical (unpaired) electrons. The van der Waals surface area contributed by atoms with Gasteiger partial charge in [0.25, 0.3) is 0 Å². The molecule has 17 heavy (non-hydrogen) atoms. The van der Waals surface area contributed by atoms with E-state index < -0.39 is 0 Å². The standard InChI is InChI=1S/C13H9Cl2NO/c14-10-3-1-2-8(6-10)13(17)9-4-5-11(15)12(16)7-9/h1-7H,16H2. The number of hydrogen-bond acceptors (Lipinski definition) is 2. The summed E-state index contributed by atoms with van der Waals surface area (Å²) in [6.45, 7) is 0. The molecule has 0 aromatic heterocycles. The summed E-state index contributed by atoms with van der Waals surface area (Å²) in [5.41, 5.74) is 7.07. The second-order valence-electron chi connectivity index (χ2n) is 3.58. The molecule has 0 bridgehead atoms. The summed E-state index contributed by atoms with van der Waals surface area (Å²) in [6.07, 6.45) is 0. The lowest BCUT2D eigenvalue weighted by atomic mass is 10.0. The van der Waals surface area contributed by atoms with Gasteiger partial charge in [-0.2, -0.15) is 0 Å². The van der Waals surface area contributed by atoms with Gasteiger partial charge in [-0.15, -0.1) is 0 Å². The summed E-state index contributed by atoms with van der Waals surface area (Å²) >= 11 is 11.6. The number of hydrogen-bond donors (Lipinski definition) is 1. The van der Waals surface area contributed by atoms with Crippen molar-refractivity contribution in [2.75, 3.05) is 5.73 Å². The van der Waals surface area contributed by atoms with Gasteiger partial charge in [-0.1, -0.05) is 35.3 Å². The van der Waals surface area contributed by atoms with Crippen LogP contribution in [0.15, 0.2) is 42.5 Å². The topological polar surface area (TPSA) is 43.1 Å². The first kappa shape index (κ1) is 12.0. The lowest BCUT2D eigenvalue weighted by molar-refractivity contribution is 0.103. The van der Waals surface area contributed by atoms with Crippen LogP contribution in [0.4, 0.5) is 5.69 Å². The first-order valence-corrected chi connectivity index (χ1v) is 5.69. The van der Waals surface area contributed by atoms with Crippen molar-refractivity contribution in [3.8, 4) is 0 Å². The van der Waals surface area contributed by atoms with Gasteiger partial charge in [0.2, 0.25) is 0 Å². The average Bonchev–Trinajstić information content (AvgIpc) is 2.32. The average molecular weight is 266 g/mol. The van der Waals surface area contributed by atoms with E-state index >= 15 is 0 Å². The number of ketones is 1. The van der Waals surface area contributed by atoms with Gasteiger partial charge >= 0.3 is 0 Å². The Morgan fingerprint density at radius 2 is 1.71 bits per heavy atom. The van der Waals surface area contributed by atoms with Crippen molar-refractivity contribution in [1.82, 2.24) is 0 Å². The molecule has 2 aromatic carbocycles. The van der Waals surface area contributed by atoms with Gasteiger partial charge in [0, 0.05) is 16.1 Å². The minimum atomic E-state index is -0.129. The molecule has 0 unspecified atom stereocenters. The van der Waals surface area contributed by atoms with E-state index in [-0.39, 0.29) is 5.78 Å². The molecule has 2 N–H and O–H groups in total. The van der Waals surface area contributed by atoms with Gasteiger partial charge in [0.05, 0.1) is 10.7 Å². The summed E-state index contributed by atoms with van der Waals surface area (Å²) in [5.74, 6) is -0.129. The lowest BCUT2D eigenvalue weighted by Gasteiger charge is -2.04. The van der Waals surface area contributed by atoms with Gasteiger partial charge in [-0.25, -0.2) is 0 Å². The van der Waals surface area contributed by atoms with Crippen molar-refractivity contribution < 1.29 is 4.79 Å². The second kappa shape index (κ2) is 4.78. The number of carbonyl (C=O) groups excluding carboxylic acids is 1. The third-order valence-corrected chi connectivity index (χ3v) is 2.92. The minimum Gasteiger partial charge on any atom is -0.398 e. The fourth-order valence-corrected chi connectivity index (χ4v) is 1.79. The molecule has 0 saturated heterocycles. The number of benzene rings is 2. The van der Waals surface area contributed by atoms with Gasteiger partial charge in [-0.05, 0) is 30.3 Å². The van der Waals surface area contributed by atoms with E-state index in [0.29, 0.717) is 26.9 Å². The molecule has 0 atom stereocenters. The van der Waals surface area contributed by atoms with E-state index in [1.54, 1.807) is 42.5 Å². The van der Waals surface area contributed by atoms with E-state index in [1.807, 2.05) is 0 Å². The third-order valence-electron chi connectivity index (χ3n) is 2.34. The highest BCUT2D eigenvalue weighted by Gasteiger charge is 2.10. The predicted octanol–water partition coefficient (Wildman–Crippen LogP) is 3.81. The smallest absolute Gasteiger partial charge is 0.193 e. The fraction of sp³-hybridized carbons (Fsp3) is 0. The zero-order chi connectivity index (χ0) is 12.4. The molecular formula is C13H9Cl2NO. The molecule has 2 aromatic rings. The normalized spacial score (nSPS) is 10.2. The third kappa shape index (κ3) is 2.60. The Labute approximate surface area is 109 Å². The molecule has 0 aliphatic carbocycles. The number of nitrogen functional groups attached to an aromatic ring is 1. The molecule has 86 valence electrons. The van der Waals surface area contributed by atoms with Crippen LogP contribution in [0.3, 0.4) is 0 Å². The van der Waals surface area contributed by atoms with Crippen molar-refractivity contribution in [2.24, 2.45) is 0 Å². The van der Waals surface area contributed by atoms with Gasteiger partial charge in [0.1, 0.15) is 0 Å². The summed E-state index contributed by atoms with van der Waals surface area (Å²) < 4.78 is 0. The van der Waals surface area contributed by atoms with Crippen molar-refractivity contribution in [3.63, 3.8) is 0 Å². The van der Waals surface area contributed by atoms with Crippen LogP contribution in [0, 0.1) is 0 Å². The van der Waals surface area contributed by atoms with Crippen LogP contribution < -0.4 is 5.73 Å². The number of halogens is 2. The molecule has 2 rings (SSSR count). The first-order valence-electron chi connectivity index (χ1n) is 4.93. The van der Waals surface area contributed by atoms with Crippen molar-refractivity contribution in [2.45, 2.75) is 0 Å². The fourth-order valence-electron chi connectivity index (χ4n) is 1.48. The summed E-state index contributed by atoms with van der Waals surface area (Å²) in [4.78, 5) is 12.1. The van der Waals surface area contributed by atoms with E-state index in [0.717, 1.165) is 0 Å². The van der Waals surface area contributed by atoms with Crippen molar-refractivity contribution >= 4 is 34.7 Å². The quantitative estimate of drug-likeness (QED) is 0.663. The van der Waals surface area contributed by atoms with E-state index in [9.17, 15) is 4.79 Å². The number of rotatable bonds is 2. The zero-order valence-corrected chi connectivity index (χ0v) is 10.3. The molecule has 0 amide bonds. The van der Waals surface area contributed by atoms with Crippen molar-refractivity contribution in [3.05, 3.63) is 63.6 Å². The number of nitrogens with two attached hydrogens (primary N) is 1. The van der Waals surface area contributed by atoms with Gasteiger partial charge in [0.15, 0.2) is 5.78 Å². The summed E-state index contributed by atoms with van der Waals surface area (Å²) in [6, 6.07) is 11.6. The Bertz CT molecular complexity index is 581. The molecule has 0 heterocycles. The van der Waals surface area contributed by atoms with Crippen molar-refractivity contribution in [1.29, 1.82) is 0 Å². The van der Waals surface area contributed by atoms with Gasteiger partial charge < -0.3 is 5.73 Å². The Morgan fingerprint density at radius 3 is 2.35 bits per heavy atom. The summed E-state index contributed by atoms with van der Waals surface area (Å²) in [7, 11) is 0. The molecule has 0 aliphatic heterocycles. The SMILES string of the molecule is Nc1cc(C(=O)c2cccc(Cl)c2)ccc1Cl. The maximum atomic E-state index is 12.1. The van der Waals surface area contributed by atoms with Crippen LogP contribution in [-0.2, 0) is 0 Å². The highest BCUT2D eigenvalue weighted by atomic mass is 35.5. The highest BCUT2D eigenvalue weighted by Crippen LogP contribution is 2.22. The summed E-state index contributed by atoms with van der Waals surface area (Å²) in [5, 5.41) is 0.963. The van der Waals surface area contributed by atoms with Crippen LogP contribution in [0.1, 0.15) is 15.9 Å². The molecule has 0 saturated carbocycles. The van der Waals surface area contributed by atoms with Crippen LogP contribution in [0.5, 0.6) is 0 Å². The molecule has 0 fully saturated rings. The minimum absolute atomic E-state index is 0.129. The predicted molar refractivity (Wildman–Crippen MR) is 70.7 cm³/mol. The maximum Gasteiger partial charge on any atom is 0.193 e. The zero-order valence-electron chi connectivity index (χ0n) is 8.78. The number of carbonyl (C=O) groups is 1. The Hall–Kier alpha value is -1.51. The van der Waals surface area contributed by atoms with Crippen LogP contribution >= 0.6 is 23.2 Å². The Kier molecular flexibility index (Phi) is 3.36. The molecule has 0 aliphatic rings. The molecule has 2 nitrogen and oxygen atoms in total. The molecular weight excluding hydrogens is 257 g/mol. The lowest BCUT2D eigenvalue weighted by Crippen LogP contribution is -2.02. The maximum absolute atomic E-state index is 12.1. The van der Waals surface area contributed by atoms with E-state index in [2.05, 4.69) is 0 Å². The Balaban J connectivity index is 2.40. The largest absolute Gasteiger partial charge is 0.398 e. The number of anilines is 1. The van der Waals surface area contributed by atoms with E-state index in [4.69, 9.17) is 28.9 Å².